The van der Waals surface area contributed by atoms with E-state index in [1.807, 2.05) is 0 Å². The molecule has 0 saturated carbocycles. The first kappa shape index (κ1) is 21.7. The molecule has 0 aliphatic carbocycles. The quantitative estimate of drug-likeness (QED) is 0.671. The van der Waals surface area contributed by atoms with Crippen molar-refractivity contribution in [3.8, 4) is 0 Å². The Labute approximate surface area is 184 Å². The molecule has 0 saturated heterocycles. The number of hydrogen-bond donors (Lipinski definition) is 2. The molecule has 0 spiro atoms. The smallest absolute Gasteiger partial charge is 0.418 e. The SMILES string of the molecule is O=C(CN1C(=O)N[C@@H](c2ccccc2Cl)C2=C1COC2=O)Nc1ccccc1C(F)(F)F. The molecule has 2 aromatic rings. The average molecular weight is 466 g/mol. The maximum atomic E-state index is 13.2. The van der Waals surface area contributed by atoms with Gasteiger partial charge in [-0.1, -0.05) is 41.9 Å². The molecular formula is C21H15ClF3N3O4. The number of nitrogens with one attached hydrogen (secondary N) is 2. The van der Waals surface area contributed by atoms with E-state index in [4.69, 9.17) is 16.3 Å². The van der Waals surface area contributed by atoms with Crippen molar-refractivity contribution in [1.29, 1.82) is 0 Å². The summed E-state index contributed by atoms with van der Waals surface area (Å²) in [6.07, 6.45) is -4.67. The normalized spacial score (nSPS) is 18.2. The fourth-order valence-corrected chi connectivity index (χ4v) is 3.84. The number of cyclic esters (lactones) is 1. The molecule has 11 heteroatoms. The van der Waals surface area contributed by atoms with Crippen LogP contribution in [0.3, 0.4) is 0 Å². The van der Waals surface area contributed by atoms with E-state index in [0.717, 1.165) is 17.0 Å². The van der Waals surface area contributed by atoms with Crippen molar-refractivity contribution in [2.24, 2.45) is 0 Å². The van der Waals surface area contributed by atoms with Crippen LogP contribution in [0, 0.1) is 0 Å². The van der Waals surface area contributed by atoms with Crippen molar-refractivity contribution < 1.29 is 32.3 Å². The van der Waals surface area contributed by atoms with E-state index in [2.05, 4.69) is 10.6 Å². The summed E-state index contributed by atoms with van der Waals surface area (Å²) in [4.78, 5) is 38.6. The number of hydrogen-bond acceptors (Lipinski definition) is 4. The number of esters is 1. The maximum absolute atomic E-state index is 13.2. The Kier molecular flexibility index (Phi) is 5.55. The summed E-state index contributed by atoms with van der Waals surface area (Å²) in [6.45, 7) is -0.877. The monoisotopic (exact) mass is 465 g/mol. The number of ether oxygens (including phenoxy) is 1. The van der Waals surface area contributed by atoms with Gasteiger partial charge in [-0.15, -0.1) is 0 Å². The molecule has 0 bridgehead atoms. The Morgan fingerprint density at radius 3 is 2.56 bits per heavy atom. The van der Waals surface area contributed by atoms with Crippen molar-refractivity contribution in [2.75, 3.05) is 18.5 Å². The number of urea groups is 1. The van der Waals surface area contributed by atoms with Gasteiger partial charge < -0.3 is 15.4 Å². The van der Waals surface area contributed by atoms with Gasteiger partial charge in [0.2, 0.25) is 5.91 Å². The van der Waals surface area contributed by atoms with Crippen LogP contribution in [-0.2, 0) is 20.5 Å². The Hall–Kier alpha value is -3.53. The Morgan fingerprint density at radius 1 is 1.16 bits per heavy atom. The summed E-state index contributed by atoms with van der Waals surface area (Å²) >= 11 is 6.21. The first-order chi connectivity index (χ1) is 15.2. The minimum absolute atomic E-state index is 0.112. The Bertz CT molecular complexity index is 1150. The molecule has 7 nitrogen and oxygen atoms in total. The second kappa shape index (κ2) is 8.19. The van der Waals surface area contributed by atoms with Gasteiger partial charge in [0.05, 0.1) is 28.6 Å². The zero-order valence-electron chi connectivity index (χ0n) is 16.2. The molecule has 0 radical (unpaired) electrons. The van der Waals surface area contributed by atoms with Crippen LogP contribution in [-0.4, -0.2) is 36.0 Å². The van der Waals surface area contributed by atoms with Crippen molar-refractivity contribution >= 4 is 35.2 Å². The summed E-state index contributed by atoms with van der Waals surface area (Å²) in [7, 11) is 0. The molecule has 2 aromatic carbocycles. The molecule has 166 valence electrons. The largest absolute Gasteiger partial charge is 0.456 e. The topological polar surface area (TPSA) is 87.7 Å². The minimum atomic E-state index is -4.67. The number of carbonyl (C=O) groups is 3. The van der Waals surface area contributed by atoms with E-state index in [0.29, 0.717) is 10.6 Å². The Morgan fingerprint density at radius 2 is 1.84 bits per heavy atom. The number of para-hydroxylation sites is 1. The second-order valence-electron chi connectivity index (χ2n) is 7.02. The van der Waals surface area contributed by atoms with Gasteiger partial charge in [0.1, 0.15) is 13.2 Å². The summed E-state index contributed by atoms with van der Waals surface area (Å²) < 4.78 is 44.6. The molecule has 0 aromatic heterocycles. The molecule has 2 aliphatic rings. The van der Waals surface area contributed by atoms with Gasteiger partial charge in [0.25, 0.3) is 0 Å². The summed E-state index contributed by atoms with van der Waals surface area (Å²) in [5, 5.41) is 5.11. The van der Waals surface area contributed by atoms with E-state index in [-0.39, 0.29) is 17.9 Å². The van der Waals surface area contributed by atoms with E-state index in [9.17, 15) is 27.6 Å². The molecule has 3 amide bonds. The van der Waals surface area contributed by atoms with E-state index in [1.54, 1.807) is 24.3 Å². The summed E-state index contributed by atoms with van der Waals surface area (Å²) in [6, 6.07) is 9.50. The number of alkyl halides is 3. The molecule has 2 aliphatic heterocycles. The predicted molar refractivity (Wildman–Crippen MR) is 107 cm³/mol. The molecule has 0 fully saturated rings. The summed E-state index contributed by atoms with van der Waals surface area (Å²) in [5.41, 5.74) is -0.722. The van der Waals surface area contributed by atoms with E-state index >= 15 is 0 Å². The highest BCUT2D eigenvalue weighted by molar-refractivity contribution is 6.31. The van der Waals surface area contributed by atoms with Gasteiger partial charge in [-0.3, -0.25) is 9.69 Å². The fraction of sp³-hybridized carbons (Fsp3) is 0.190. The zero-order chi connectivity index (χ0) is 23.0. The van der Waals surface area contributed by atoms with Crippen LogP contribution < -0.4 is 10.6 Å². The number of nitrogens with zero attached hydrogens (tertiary/aromatic N) is 1. The van der Waals surface area contributed by atoms with Crippen LogP contribution in [0.1, 0.15) is 17.2 Å². The van der Waals surface area contributed by atoms with Gasteiger partial charge in [-0.25, -0.2) is 9.59 Å². The highest BCUT2D eigenvalue weighted by Gasteiger charge is 2.43. The van der Waals surface area contributed by atoms with Crippen molar-refractivity contribution in [1.82, 2.24) is 10.2 Å². The first-order valence-electron chi connectivity index (χ1n) is 9.35. The fourth-order valence-electron chi connectivity index (χ4n) is 3.59. The molecule has 0 unspecified atom stereocenters. The average Bonchev–Trinajstić information content (AvgIpc) is 3.11. The molecular weight excluding hydrogens is 451 g/mol. The summed E-state index contributed by atoms with van der Waals surface area (Å²) in [5.74, 6) is -1.56. The lowest BCUT2D eigenvalue weighted by atomic mass is 9.95. The number of amides is 3. The van der Waals surface area contributed by atoms with Crippen LogP contribution in [0.15, 0.2) is 59.8 Å². The lowest BCUT2D eigenvalue weighted by Crippen LogP contribution is -2.49. The highest BCUT2D eigenvalue weighted by Crippen LogP contribution is 2.38. The zero-order valence-corrected chi connectivity index (χ0v) is 17.0. The van der Waals surface area contributed by atoms with Crippen LogP contribution in [0.2, 0.25) is 5.02 Å². The van der Waals surface area contributed by atoms with Crippen LogP contribution in [0.5, 0.6) is 0 Å². The lowest BCUT2D eigenvalue weighted by Gasteiger charge is -2.32. The van der Waals surface area contributed by atoms with E-state index < -0.39 is 47.9 Å². The third-order valence-corrected chi connectivity index (χ3v) is 5.37. The predicted octanol–water partition coefficient (Wildman–Crippen LogP) is 3.87. The van der Waals surface area contributed by atoms with Crippen molar-refractivity contribution in [3.05, 3.63) is 76.0 Å². The number of halogens is 4. The molecule has 1 atom stereocenters. The van der Waals surface area contributed by atoms with Crippen LogP contribution in [0.25, 0.3) is 0 Å². The molecule has 4 rings (SSSR count). The van der Waals surface area contributed by atoms with Gasteiger partial charge in [0, 0.05) is 5.02 Å². The number of benzene rings is 2. The van der Waals surface area contributed by atoms with Gasteiger partial charge in [0.15, 0.2) is 0 Å². The third-order valence-electron chi connectivity index (χ3n) is 5.02. The van der Waals surface area contributed by atoms with Crippen molar-refractivity contribution in [2.45, 2.75) is 12.2 Å². The second-order valence-corrected chi connectivity index (χ2v) is 7.43. The molecule has 2 heterocycles. The number of anilines is 1. The first-order valence-corrected chi connectivity index (χ1v) is 9.73. The maximum Gasteiger partial charge on any atom is 0.418 e. The third kappa shape index (κ3) is 4.01. The minimum Gasteiger partial charge on any atom is -0.456 e. The Balaban J connectivity index is 1.61. The van der Waals surface area contributed by atoms with Crippen LogP contribution in [0.4, 0.5) is 23.7 Å². The van der Waals surface area contributed by atoms with E-state index in [1.165, 1.54) is 12.1 Å². The van der Waals surface area contributed by atoms with Gasteiger partial charge in [-0.05, 0) is 23.8 Å². The molecule has 2 N–H and O–H groups in total. The van der Waals surface area contributed by atoms with Crippen LogP contribution >= 0.6 is 11.6 Å². The van der Waals surface area contributed by atoms with Gasteiger partial charge in [-0.2, -0.15) is 13.2 Å². The van der Waals surface area contributed by atoms with Crippen molar-refractivity contribution in [3.63, 3.8) is 0 Å². The standard InChI is InChI=1S/C21H15ClF3N3O4/c22-13-7-3-1-5-11(13)18-17-15(10-32-19(17)30)28(20(31)27-18)9-16(29)26-14-8-4-2-6-12(14)21(23,24)25/h1-8,18H,9-10H2,(H,26,29)(H,27,31)/t18-/m0/s1. The number of carbonyl (C=O) groups excluding carboxylic acids is 3. The molecule has 32 heavy (non-hydrogen) atoms. The number of rotatable bonds is 4. The van der Waals surface area contributed by atoms with Gasteiger partial charge >= 0.3 is 18.2 Å². The lowest BCUT2D eigenvalue weighted by molar-refractivity contribution is -0.137. The highest BCUT2D eigenvalue weighted by atomic mass is 35.5.